The van der Waals surface area contributed by atoms with E-state index in [1.54, 1.807) is 0 Å². The second-order valence-electron chi connectivity index (χ2n) is 6.69. The van der Waals surface area contributed by atoms with Crippen molar-refractivity contribution in [2.24, 2.45) is 13.0 Å². The Morgan fingerprint density at radius 3 is 2.32 bits per heavy atom. The molecule has 1 heterocycles. The fourth-order valence-electron chi connectivity index (χ4n) is 2.67. The van der Waals surface area contributed by atoms with Gasteiger partial charge < -0.3 is 15.2 Å². The Labute approximate surface area is 149 Å². The molecule has 2 rings (SSSR count). The fourth-order valence-corrected chi connectivity index (χ4v) is 2.67. The number of carbonyl (C=O) groups excluding carboxylic acids is 2. The van der Waals surface area contributed by atoms with Crippen LogP contribution in [0.4, 0.5) is 0 Å². The first-order valence-corrected chi connectivity index (χ1v) is 8.60. The Balaban J connectivity index is 1.93. The van der Waals surface area contributed by atoms with Crippen LogP contribution in [0.15, 0.2) is 42.5 Å². The molecule has 0 spiro atoms. The van der Waals surface area contributed by atoms with Gasteiger partial charge in [-0.15, -0.1) is 0 Å². The highest BCUT2D eigenvalue weighted by Crippen LogP contribution is 2.07. The van der Waals surface area contributed by atoms with Crippen LogP contribution >= 0.6 is 0 Å². The van der Waals surface area contributed by atoms with E-state index in [0.29, 0.717) is 6.54 Å². The number of aryl methyl sites for hydroxylation is 1. The average Bonchev–Trinajstić information content (AvgIpc) is 2.90. The number of carbonyl (C=O) groups is 2. The lowest BCUT2D eigenvalue weighted by atomic mass is 10.0. The highest BCUT2D eigenvalue weighted by molar-refractivity contribution is 5.88. The van der Waals surface area contributed by atoms with Gasteiger partial charge in [0.15, 0.2) is 0 Å². The highest BCUT2D eigenvalue weighted by Gasteiger charge is 2.24. The van der Waals surface area contributed by atoms with Crippen molar-refractivity contribution in [1.82, 2.24) is 15.2 Å². The Hall–Kier alpha value is -2.56. The van der Waals surface area contributed by atoms with E-state index in [4.69, 9.17) is 0 Å². The van der Waals surface area contributed by atoms with Gasteiger partial charge in [0.05, 0.1) is 13.0 Å². The maximum absolute atomic E-state index is 12.5. The highest BCUT2D eigenvalue weighted by atomic mass is 16.2. The molecule has 0 aliphatic heterocycles. The van der Waals surface area contributed by atoms with Gasteiger partial charge in [0, 0.05) is 18.4 Å². The third-order valence-corrected chi connectivity index (χ3v) is 4.39. The van der Waals surface area contributed by atoms with E-state index >= 15 is 0 Å². The molecule has 134 valence electrons. The minimum absolute atomic E-state index is 0.00914. The summed E-state index contributed by atoms with van der Waals surface area (Å²) in [6.07, 6.45) is 0.272. The molecule has 0 unspecified atom stereocenters. The van der Waals surface area contributed by atoms with Crippen LogP contribution in [0.2, 0.25) is 0 Å². The van der Waals surface area contributed by atoms with Gasteiger partial charge in [0.2, 0.25) is 11.8 Å². The van der Waals surface area contributed by atoms with E-state index in [1.165, 1.54) is 0 Å². The summed E-state index contributed by atoms with van der Waals surface area (Å²) in [6.45, 7) is 6.33. The maximum atomic E-state index is 12.5. The lowest BCUT2D eigenvalue weighted by molar-refractivity contribution is -0.129. The molecule has 0 bridgehead atoms. The molecular formula is C20H27N3O2. The molecule has 1 atom stereocenters. The van der Waals surface area contributed by atoms with Gasteiger partial charge >= 0.3 is 0 Å². The number of hydrogen-bond donors (Lipinski definition) is 2. The molecular weight excluding hydrogens is 314 g/mol. The van der Waals surface area contributed by atoms with Crippen molar-refractivity contribution in [2.75, 3.05) is 0 Å². The summed E-state index contributed by atoms with van der Waals surface area (Å²) < 4.78 is 2.04. The molecule has 1 aromatic carbocycles. The van der Waals surface area contributed by atoms with E-state index in [-0.39, 0.29) is 24.2 Å². The Morgan fingerprint density at radius 1 is 1.08 bits per heavy atom. The normalized spacial score (nSPS) is 12.0. The van der Waals surface area contributed by atoms with Gasteiger partial charge in [-0.3, -0.25) is 9.59 Å². The summed E-state index contributed by atoms with van der Waals surface area (Å²) in [5, 5.41) is 5.79. The van der Waals surface area contributed by atoms with Gasteiger partial charge in [-0.25, -0.2) is 0 Å². The molecule has 25 heavy (non-hydrogen) atoms. The summed E-state index contributed by atoms with van der Waals surface area (Å²) in [4.78, 5) is 24.8. The molecule has 5 heteroatoms. The van der Waals surface area contributed by atoms with E-state index in [9.17, 15) is 9.59 Å². The van der Waals surface area contributed by atoms with Crippen LogP contribution in [0.1, 0.15) is 30.8 Å². The lowest BCUT2D eigenvalue weighted by Gasteiger charge is -2.22. The first kappa shape index (κ1) is 18.8. The second-order valence-corrected chi connectivity index (χ2v) is 6.69. The van der Waals surface area contributed by atoms with E-state index in [0.717, 1.165) is 17.0 Å². The third-order valence-electron chi connectivity index (χ3n) is 4.39. The summed E-state index contributed by atoms with van der Waals surface area (Å²) in [6, 6.07) is 13.0. The molecule has 2 N–H and O–H groups in total. The zero-order valence-electron chi connectivity index (χ0n) is 15.4. The van der Waals surface area contributed by atoms with Gasteiger partial charge in [-0.05, 0) is 30.5 Å². The second kappa shape index (κ2) is 8.51. The predicted octanol–water partition coefficient (Wildman–Crippen LogP) is 2.33. The Kier molecular flexibility index (Phi) is 6.39. The molecule has 0 radical (unpaired) electrons. The molecule has 5 nitrogen and oxygen atoms in total. The smallest absolute Gasteiger partial charge is 0.243 e. The number of nitrogens with zero attached hydrogens (tertiary/aromatic N) is 1. The van der Waals surface area contributed by atoms with Crippen LogP contribution in [-0.2, 0) is 29.6 Å². The zero-order valence-corrected chi connectivity index (χ0v) is 15.4. The van der Waals surface area contributed by atoms with E-state index in [2.05, 4.69) is 10.6 Å². The van der Waals surface area contributed by atoms with Crippen molar-refractivity contribution in [3.63, 3.8) is 0 Å². The van der Waals surface area contributed by atoms with Crippen molar-refractivity contribution >= 4 is 11.8 Å². The van der Waals surface area contributed by atoms with E-state index in [1.807, 2.05) is 74.9 Å². The minimum atomic E-state index is -0.544. The number of benzene rings is 1. The number of nitrogens with one attached hydrogen (secondary N) is 2. The van der Waals surface area contributed by atoms with Crippen LogP contribution in [0.3, 0.4) is 0 Å². The van der Waals surface area contributed by atoms with Gasteiger partial charge in [0.25, 0.3) is 0 Å². The third kappa shape index (κ3) is 5.21. The average molecular weight is 341 g/mol. The zero-order chi connectivity index (χ0) is 18.4. The first-order valence-electron chi connectivity index (χ1n) is 8.60. The van der Waals surface area contributed by atoms with Gasteiger partial charge in [0.1, 0.15) is 6.04 Å². The van der Waals surface area contributed by atoms with Crippen LogP contribution in [0.25, 0.3) is 0 Å². The van der Waals surface area contributed by atoms with Gasteiger partial charge in [-0.2, -0.15) is 0 Å². The van der Waals surface area contributed by atoms with Crippen molar-refractivity contribution in [1.29, 1.82) is 0 Å². The van der Waals surface area contributed by atoms with Crippen LogP contribution in [-0.4, -0.2) is 22.4 Å². The van der Waals surface area contributed by atoms with Crippen LogP contribution < -0.4 is 10.6 Å². The molecule has 0 saturated carbocycles. The number of hydrogen-bond acceptors (Lipinski definition) is 2. The van der Waals surface area contributed by atoms with Crippen molar-refractivity contribution in [2.45, 2.75) is 39.8 Å². The predicted molar refractivity (Wildman–Crippen MR) is 98.9 cm³/mol. The molecule has 2 amide bonds. The lowest BCUT2D eigenvalue weighted by Crippen LogP contribution is -2.50. The van der Waals surface area contributed by atoms with Crippen LogP contribution in [0.5, 0.6) is 0 Å². The summed E-state index contributed by atoms with van der Waals surface area (Å²) >= 11 is 0. The largest absolute Gasteiger partial charge is 0.350 e. The van der Waals surface area contributed by atoms with Crippen LogP contribution in [0, 0.1) is 12.8 Å². The molecule has 0 fully saturated rings. The molecule has 0 saturated heterocycles. The van der Waals surface area contributed by atoms with Crippen molar-refractivity contribution in [3.8, 4) is 0 Å². The van der Waals surface area contributed by atoms with Crippen molar-refractivity contribution < 1.29 is 9.59 Å². The Morgan fingerprint density at radius 2 is 1.76 bits per heavy atom. The summed E-state index contributed by atoms with van der Waals surface area (Å²) in [5.74, 6) is -0.292. The fraction of sp³-hybridized carbons (Fsp3) is 0.400. The Bertz CT molecular complexity index is 720. The standard InChI is InChI=1S/C20H27N3O2/c1-14(2)19(22-18(24)12-16-8-6-5-7-9-16)20(25)21-13-17-11-10-15(3)23(17)4/h5-11,14,19H,12-13H2,1-4H3,(H,21,25)(H,22,24)/t19-/m0/s1. The van der Waals surface area contributed by atoms with E-state index < -0.39 is 6.04 Å². The topological polar surface area (TPSA) is 63.1 Å². The summed E-state index contributed by atoms with van der Waals surface area (Å²) in [5.41, 5.74) is 3.10. The summed E-state index contributed by atoms with van der Waals surface area (Å²) in [7, 11) is 1.97. The molecule has 2 aromatic rings. The SMILES string of the molecule is Cc1ccc(CNC(=O)[C@@H](NC(=O)Cc2ccccc2)C(C)C)n1C. The maximum Gasteiger partial charge on any atom is 0.243 e. The molecule has 1 aromatic heterocycles. The molecule has 0 aliphatic carbocycles. The number of aromatic nitrogens is 1. The number of rotatable bonds is 7. The molecule has 0 aliphatic rings. The van der Waals surface area contributed by atoms with Crippen molar-refractivity contribution in [3.05, 3.63) is 59.4 Å². The first-order chi connectivity index (χ1) is 11.9. The number of amides is 2. The quantitative estimate of drug-likeness (QED) is 0.812. The minimum Gasteiger partial charge on any atom is -0.350 e. The van der Waals surface area contributed by atoms with Gasteiger partial charge in [-0.1, -0.05) is 44.2 Å². The monoisotopic (exact) mass is 341 g/mol.